The second-order valence-electron chi connectivity index (χ2n) is 5.25. The maximum atomic E-state index is 11.9. The molecule has 0 radical (unpaired) electrons. The topological polar surface area (TPSA) is 74.5 Å². The summed E-state index contributed by atoms with van der Waals surface area (Å²) in [5.41, 5.74) is 1.56. The zero-order valence-electron chi connectivity index (χ0n) is 12.5. The van der Waals surface area contributed by atoms with Gasteiger partial charge in [-0.2, -0.15) is 0 Å². The minimum Gasteiger partial charge on any atom is -0.467 e. The van der Waals surface area contributed by atoms with Crippen LogP contribution in [0.5, 0.6) is 0 Å². The molecule has 0 saturated carbocycles. The molecule has 118 valence electrons. The van der Waals surface area contributed by atoms with E-state index in [1.54, 1.807) is 24.3 Å². The number of carbonyl (C=O) groups excluding carboxylic acids is 1. The van der Waals surface area contributed by atoms with Gasteiger partial charge in [-0.25, -0.2) is 4.79 Å². The smallest absolute Gasteiger partial charge is 0.319 e. The molecule has 1 aromatic heterocycles. The predicted molar refractivity (Wildman–Crippen MR) is 86.1 cm³/mol. The summed E-state index contributed by atoms with van der Waals surface area (Å²) in [6.45, 7) is 3.73. The molecule has 6 heteroatoms. The van der Waals surface area contributed by atoms with Crippen LogP contribution in [0, 0.1) is 6.92 Å². The van der Waals surface area contributed by atoms with Gasteiger partial charge in [0.05, 0.1) is 17.0 Å². The van der Waals surface area contributed by atoms with E-state index in [2.05, 4.69) is 10.6 Å². The molecule has 0 saturated heterocycles. The van der Waals surface area contributed by atoms with Gasteiger partial charge < -0.3 is 20.2 Å². The van der Waals surface area contributed by atoms with Crippen molar-refractivity contribution in [1.29, 1.82) is 0 Å². The molecule has 0 spiro atoms. The Labute approximate surface area is 134 Å². The Morgan fingerprint density at radius 3 is 2.82 bits per heavy atom. The van der Waals surface area contributed by atoms with Crippen molar-refractivity contribution in [2.75, 3.05) is 5.32 Å². The molecule has 2 rings (SSSR count). The van der Waals surface area contributed by atoms with Crippen molar-refractivity contribution in [3.63, 3.8) is 0 Å². The van der Waals surface area contributed by atoms with E-state index in [-0.39, 0.29) is 12.1 Å². The van der Waals surface area contributed by atoms with Crippen LogP contribution < -0.4 is 10.6 Å². The van der Waals surface area contributed by atoms with Crippen LogP contribution in [0.25, 0.3) is 0 Å². The Balaban J connectivity index is 1.86. The maximum absolute atomic E-state index is 11.9. The van der Waals surface area contributed by atoms with Gasteiger partial charge in [-0.1, -0.05) is 17.7 Å². The maximum Gasteiger partial charge on any atom is 0.319 e. The lowest BCUT2D eigenvalue weighted by Gasteiger charge is -2.17. The van der Waals surface area contributed by atoms with Gasteiger partial charge in [0.1, 0.15) is 11.9 Å². The number of benzene rings is 1. The summed E-state index contributed by atoms with van der Waals surface area (Å²) in [6, 6.07) is 8.20. The van der Waals surface area contributed by atoms with Crippen molar-refractivity contribution < 1.29 is 14.3 Å². The number of hydrogen-bond donors (Lipinski definition) is 3. The molecule has 0 aliphatic heterocycles. The molecule has 0 fully saturated rings. The number of hydrogen-bond acceptors (Lipinski definition) is 3. The highest BCUT2D eigenvalue weighted by Gasteiger charge is 2.16. The van der Waals surface area contributed by atoms with E-state index in [4.69, 9.17) is 16.0 Å². The third-order valence-electron chi connectivity index (χ3n) is 3.20. The molecular weight excluding hydrogens is 304 g/mol. The third kappa shape index (κ3) is 4.51. The summed E-state index contributed by atoms with van der Waals surface area (Å²) in [6.07, 6.45) is 1.10. The highest BCUT2D eigenvalue weighted by molar-refractivity contribution is 6.33. The van der Waals surface area contributed by atoms with Crippen molar-refractivity contribution in [2.24, 2.45) is 0 Å². The summed E-state index contributed by atoms with van der Waals surface area (Å²) in [5.74, 6) is 0.482. The fourth-order valence-corrected chi connectivity index (χ4v) is 2.38. The molecule has 2 atom stereocenters. The van der Waals surface area contributed by atoms with Gasteiger partial charge in [0, 0.05) is 12.5 Å². The average molecular weight is 323 g/mol. The first kappa shape index (κ1) is 16.4. The van der Waals surface area contributed by atoms with E-state index < -0.39 is 6.10 Å². The van der Waals surface area contributed by atoms with Gasteiger partial charge in [0.2, 0.25) is 0 Å². The third-order valence-corrected chi connectivity index (χ3v) is 3.51. The Kier molecular flexibility index (Phi) is 5.46. The molecule has 2 amide bonds. The Morgan fingerprint density at radius 1 is 1.41 bits per heavy atom. The zero-order chi connectivity index (χ0) is 16.1. The molecule has 0 bridgehead atoms. The Hall–Kier alpha value is -1.98. The van der Waals surface area contributed by atoms with Gasteiger partial charge in [-0.15, -0.1) is 0 Å². The van der Waals surface area contributed by atoms with Gasteiger partial charge in [0.25, 0.3) is 0 Å². The number of carbonyl (C=O) groups is 1. The first-order valence-electron chi connectivity index (χ1n) is 7.01. The lowest BCUT2D eigenvalue weighted by Crippen LogP contribution is -2.37. The normalized spacial score (nSPS) is 13.5. The van der Waals surface area contributed by atoms with E-state index in [0.717, 1.165) is 5.56 Å². The minimum absolute atomic E-state index is 0.232. The number of rotatable bonds is 5. The van der Waals surface area contributed by atoms with Crippen LogP contribution >= 0.6 is 11.6 Å². The summed E-state index contributed by atoms with van der Waals surface area (Å²) in [5, 5.41) is 15.9. The number of anilines is 1. The number of aliphatic hydroxyl groups is 1. The number of halogens is 1. The second-order valence-corrected chi connectivity index (χ2v) is 5.66. The van der Waals surface area contributed by atoms with Crippen LogP contribution in [0.2, 0.25) is 5.02 Å². The number of furan rings is 1. The van der Waals surface area contributed by atoms with Crippen molar-refractivity contribution in [2.45, 2.75) is 32.4 Å². The fraction of sp³-hybridized carbons (Fsp3) is 0.312. The zero-order valence-corrected chi connectivity index (χ0v) is 13.2. The predicted octanol–water partition coefficient (Wildman–Crippen LogP) is 3.88. The summed E-state index contributed by atoms with van der Waals surface area (Å²) < 4.78 is 5.13. The number of aliphatic hydroxyl groups excluding tert-OH is 1. The number of amides is 2. The quantitative estimate of drug-likeness (QED) is 0.782. The van der Waals surface area contributed by atoms with E-state index in [1.165, 1.54) is 6.26 Å². The van der Waals surface area contributed by atoms with E-state index in [9.17, 15) is 9.90 Å². The Morgan fingerprint density at radius 2 is 2.18 bits per heavy atom. The highest BCUT2D eigenvalue weighted by atomic mass is 35.5. The van der Waals surface area contributed by atoms with Crippen LogP contribution in [0.1, 0.15) is 30.8 Å². The molecule has 2 unspecified atom stereocenters. The van der Waals surface area contributed by atoms with Crippen molar-refractivity contribution in [1.82, 2.24) is 5.32 Å². The second kappa shape index (κ2) is 7.33. The molecule has 5 nitrogen and oxygen atoms in total. The highest BCUT2D eigenvalue weighted by Crippen LogP contribution is 2.23. The number of urea groups is 1. The van der Waals surface area contributed by atoms with Gasteiger partial charge >= 0.3 is 6.03 Å². The van der Waals surface area contributed by atoms with Gasteiger partial charge in [0.15, 0.2) is 0 Å². The molecular formula is C16H19ClN2O3. The Bertz CT molecular complexity index is 628. The molecule has 1 aromatic carbocycles. The fourth-order valence-electron chi connectivity index (χ4n) is 2.09. The van der Waals surface area contributed by atoms with Crippen LogP contribution in [0.3, 0.4) is 0 Å². The minimum atomic E-state index is -0.756. The van der Waals surface area contributed by atoms with Crippen molar-refractivity contribution in [3.05, 3.63) is 52.9 Å². The van der Waals surface area contributed by atoms with Gasteiger partial charge in [-0.3, -0.25) is 0 Å². The van der Waals surface area contributed by atoms with Crippen LogP contribution in [0.15, 0.2) is 41.0 Å². The largest absolute Gasteiger partial charge is 0.467 e. The molecule has 0 aliphatic carbocycles. The summed E-state index contributed by atoms with van der Waals surface area (Å²) in [7, 11) is 0. The lowest BCUT2D eigenvalue weighted by molar-refractivity contribution is 0.130. The van der Waals surface area contributed by atoms with E-state index >= 15 is 0 Å². The SMILES string of the molecule is Cc1ccc(NC(=O)NC(C)CC(O)c2ccco2)c(Cl)c1. The molecule has 22 heavy (non-hydrogen) atoms. The summed E-state index contributed by atoms with van der Waals surface area (Å²) >= 11 is 6.07. The van der Waals surface area contributed by atoms with Crippen molar-refractivity contribution in [3.8, 4) is 0 Å². The lowest BCUT2D eigenvalue weighted by atomic mass is 10.1. The summed E-state index contributed by atoms with van der Waals surface area (Å²) in [4.78, 5) is 11.9. The molecule has 1 heterocycles. The van der Waals surface area contributed by atoms with E-state index in [1.807, 2.05) is 19.9 Å². The first-order valence-corrected chi connectivity index (χ1v) is 7.38. The van der Waals surface area contributed by atoms with Crippen LogP contribution in [-0.4, -0.2) is 17.2 Å². The molecule has 3 N–H and O–H groups in total. The number of aryl methyl sites for hydroxylation is 1. The average Bonchev–Trinajstić information content (AvgIpc) is 2.95. The monoisotopic (exact) mass is 322 g/mol. The van der Waals surface area contributed by atoms with Crippen molar-refractivity contribution >= 4 is 23.3 Å². The first-order chi connectivity index (χ1) is 10.5. The van der Waals surface area contributed by atoms with Crippen LogP contribution in [-0.2, 0) is 0 Å². The molecule has 2 aromatic rings. The van der Waals surface area contributed by atoms with E-state index in [0.29, 0.717) is 22.9 Å². The van der Waals surface area contributed by atoms with Gasteiger partial charge in [-0.05, 0) is 43.7 Å². The van der Waals surface area contributed by atoms with Crippen LogP contribution in [0.4, 0.5) is 10.5 Å². The molecule has 0 aliphatic rings. The standard InChI is InChI=1S/C16H19ClN2O3/c1-10-5-6-13(12(17)8-10)19-16(21)18-11(2)9-14(20)15-4-3-7-22-15/h3-8,11,14,20H,9H2,1-2H3,(H2,18,19,21). The number of nitrogens with one attached hydrogen (secondary N) is 2.